The number of aryl methyl sites for hydroxylation is 1. The van der Waals surface area contributed by atoms with Crippen molar-refractivity contribution in [3.05, 3.63) is 70.0 Å². The monoisotopic (exact) mass is 348 g/mol. The Morgan fingerprint density at radius 1 is 1.21 bits per heavy atom. The first-order valence-electron chi connectivity index (χ1n) is 7.40. The molecule has 0 saturated heterocycles. The van der Waals surface area contributed by atoms with Crippen molar-refractivity contribution in [1.82, 2.24) is 10.2 Å². The van der Waals surface area contributed by atoms with E-state index in [4.69, 9.17) is 11.6 Å². The number of nitrogens with one attached hydrogen (secondary N) is 1. The van der Waals surface area contributed by atoms with Gasteiger partial charge in [0.25, 0.3) is 5.91 Å². The van der Waals surface area contributed by atoms with Crippen LogP contribution in [0.4, 0.5) is 4.39 Å². The molecular weight excluding hydrogens is 331 g/mol. The highest BCUT2D eigenvalue weighted by molar-refractivity contribution is 6.31. The van der Waals surface area contributed by atoms with Crippen molar-refractivity contribution in [3.63, 3.8) is 0 Å². The molecule has 24 heavy (non-hydrogen) atoms. The smallest absolute Gasteiger partial charge is 0.251 e. The Balaban J connectivity index is 1.93. The van der Waals surface area contributed by atoms with Crippen molar-refractivity contribution < 1.29 is 14.0 Å². The Morgan fingerprint density at radius 3 is 2.58 bits per heavy atom. The van der Waals surface area contributed by atoms with Crippen LogP contribution in [0.2, 0.25) is 5.02 Å². The zero-order valence-electron chi connectivity index (χ0n) is 13.5. The number of hydrogen-bond donors (Lipinski definition) is 1. The average Bonchev–Trinajstić information content (AvgIpc) is 2.55. The molecule has 0 spiro atoms. The Morgan fingerprint density at radius 2 is 1.92 bits per heavy atom. The van der Waals surface area contributed by atoms with Crippen molar-refractivity contribution in [2.24, 2.45) is 0 Å². The van der Waals surface area contributed by atoms with E-state index >= 15 is 0 Å². The molecule has 126 valence electrons. The van der Waals surface area contributed by atoms with Crippen LogP contribution in [-0.2, 0) is 11.3 Å². The van der Waals surface area contributed by atoms with Gasteiger partial charge in [0.2, 0.25) is 5.91 Å². The maximum atomic E-state index is 13.8. The molecule has 6 heteroatoms. The zero-order valence-corrected chi connectivity index (χ0v) is 14.2. The van der Waals surface area contributed by atoms with E-state index in [1.165, 1.54) is 24.1 Å². The Bertz CT molecular complexity index is 744. The summed E-state index contributed by atoms with van der Waals surface area (Å²) in [5.41, 5.74) is 1.70. The van der Waals surface area contributed by atoms with Crippen molar-refractivity contribution >= 4 is 23.4 Å². The van der Waals surface area contributed by atoms with Crippen molar-refractivity contribution in [3.8, 4) is 0 Å². The van der Waals surface area contributed by atoms with Crippen LogP contribution >= 0.6 is 11.6 Å². The molecular formula is C18H18ClFN2O2. The number of hydrogen-bond acceptors (Lipinski definition) is 2. The molecule has 2 aromatic rings. The number of amides is 2. The van der Waals surface area contributed by atoms with Gasteiger partial charge in [-0.15, -0.1) is 0 Å². The molecule has 2 rings (SSSR count). The van der Waals surface area contributed by atoms with Gasteiger partial charge in [-0.2, -0.15) is 0 Å². The van der Waals surface area contributed by atoms with E-state index in [9.17, 15) is 14.0 Å². The summed E-state index contributed by atoms with van der Waals surface area (Å²) in [6, 6.07) is 11.4. The van der Waals surface area contributed by atoms with Gasteiger partial charge in [-0.1, -0.05) is 35.4 Å². The number of carbonyl (C=O) groups excluding carboxylic acids is 2. The standard InChI is InChI=1S/C18H18ClFN2O2/c1-12-5-3-6-13(9-12)18(24)21-10-17(23)22(2)11-14-15(19)7-4-8-16(14)20/h3-9H,10-11H2,1-2H3,(H,21,24). The summed E-state index contributed by atoms with van der Waals surface area (Å²) < 4.78 is 13.8. The zero-order chi connectivity index (χ0) is 17.7. The molecule has 0 aliphatic rings. The third kappa shape index (κ3) is 4.55. The SMILES string of the molecule is Cc1cccc(C(=O)NCC(=O)N(C)Cc2c(F)cccc2Cl)c1. The minimum Gasteiger partial charge on any atom is -0.343 e. The van der Waals surface area contributed by atoms with Crippen molar-refractivity contribution in [2.45, 2.75) is 13.5 Å². The highest BCUT2D eigenvalue weighted by Crippen LogP contribution is 2.20. The molecule has 0 unspecified atom stereocenters. The summed E-state index contributed by atoms with van der Waals surface area (Å²) in [5.74, 6) is -1.13. The highest BCUT2D eigenvalue weighted by atomic mass is 35.5. The van der Waals surface area contributed by atoms with Gasteiger partial charge in [-0.05, 0) is 31.2 Å². The molecule has 0 saturated carbocycles. The molecule has 2 aromatic carbocycles. The second-order valence-corrected chi connectivity index (χ2v) is 5.91. The third-order valence-corrected chi connectivity index (χ3v) is 3.92. The molecule has 1 N–H and O–H groups in total. The molecule has 0 radical (unpaired) electrons. The fourth-order valence-corrected chi connectivity index (χ4v) is 2.41. The largest absolute Gasteiger partial charge is 0.343 e. The van der Waals surface area contributed by atoms with E-state index in [0.717, 1.165) is 5.56 Å². The predicted molar refractivity (Wildman–Crippen MR) is 91.4 cm³/mol. The Labute approximate surface area is 145 Å². The summed E-state index contributed by atoms with van der Waals surface area (Å²) in [5, 5.41) is 2.83. The fraction of sp³-hybridized carbons (Fsp3) is 0.222. The van der Waals surface area contributed by atoms with Gasteiger partial charge in [0.15, 0.2) is 0 Å². The van der Waals surface area contributed by atoms with Gasteiger partial charge >= 0.3 is 0 Å². The molecule has 2 amide bonds. The Hall–Kier alpha value is -2.40. The maximum absolute atomic E-state index is 13.8. The molecule has 0 bridgehead atoms. The molecule has 0 heterocycles. The van der Waals surface area contributed by atoms with Gasteiger partial charge in [-0.25, -0.2) is 4.39 Å². The van der Waals surface area contributed by atoms with Crippen LogP contribution in [0.1, 0.15) is 21.5 Å². The first kappa shape index (κ1) is 17.9. The predicted octanol–water partition coefficient (Wildman–Crippen LogP) is 3.18. The average molecular weight is 349 g/mol. The summed E-state index contributed by atoms with van der Waals surface area (Å²) >= 11 is 5.95. The van der Waals surface area contributed by atoms with E-state index < -0.39 is 5.82 Å². The van der Waals surface area contributed by atoms with Gasteiger partial charge in [-0.3, -0.25) is 9.59 Å². The number of nitrogens with zero attached hydrogens (tertiary/aromatic N) is 1. The topological polar surface area (TPSA) is 49.4 Å². The summed E-state index contributed by atoms with van der Waals surface area (Å²) in [7, 11) is 1.53. The molecule has 0 aromatic heterocycles. The van der Waals surface area contributed by atoms with Crippen LogP contribution in [0.5, 0.6) is 0 Å². The van der Waals surface area contributed by atoms with E-state index in [1.54, 1.807) is 24.3 Å². The second-order valence-electron chi connectivity index (χ2n) is 5.50. The Kier molecular flexibility index (Phi) is 5.93. The van der Waals surface area contributed by atoms with Crippen LogP contribution in [0.3, 0.4) is 0 Å². The summed E-state index contributed by atoms with van der Waals surface area (Å²) in [6.45, 7) is 1.74. The normalized spacial score (nSPS) is 10.3. The van der Waals surface area contributed by atoms with Gasteiger partial charge < -0.3 is 10.2 Å². The first-order chi connectivity index (χ1) is 11.4. The van der Waals surface area contributed by atoms with Crippen LogP contribution in [0.15, 0.2) is 42.5 Å². The minimum absolute atomic E-state index is 0.0324. The van der Waals surface area contributed by atoms with E-state index in [2.05, 4.69) is 5.32 Å². The fourth-order valence-electron chi connectivity index (χ4n) is 2.19. The lowest BCUT2D eigenvalue weighted by atomic mass is 10.1. The summed E-state index contributed by atoms with van der Waals surface area (Å²) in [6.07, 6.45) is 0. The number of likely N-dealkylation sites (N-methyl/N-ethyl adjacent to an activating group) is 1. The first-order valence-corrected chi connectivity index (χ1v) is 7.78. The molecule has 0 atom stereocenters. The van der Waals surface area contributed by atoms with Gasteiger partial charge in [0, 0.05) is 29.7 Å². The lowest BCUT2D eigenvalue weighted by Gasteiger charge is -2.18. The number of halogens is 2. The molecule has 4 nitrogen and oxygen atoms in total. The number of carbonyl (C=O) groups is 2. The minimum atomic E-state index is -0.467. The maximum Gasteiger partial charge on any atom is 0.251 e. The van der Waals surface area contributed by atoms with Crippen LogP contribution in [-0.4, -0.2) is 30.3 Å². The molecule has 0 fully saturated rings. The van der Waals surface area contributed by atoms with Crippen LogP contribution < -0.4 is 5.32 Å². The third-order valence-electron chi connectivity index (χ3n) is 3.56. The van der Waals surface area contributed by atoms with Crippen molar-refractivity contribution in [1.29, 1.82) is 0 Å². The lowest BCUT2D eigenvalue weighted by molar-refractivity contribution is -0.129. The van der Waals surface area contributed by atoms with Gasteiger partial charge in [0.05, 0.1) is 6.54 Å². The number of benzene rings is 2. The van der Waals surface area contributed by atoms with Crippen LogP contribution in [0, 0.1) is 12.7 Å². The second kappa shape index (κ2) is 7.93. The van der Waals surface area contributed by atoms with E-state index in [-0.39, 0.29) is 35.5 Å². The number of rotatable bonds is 5. The lowest BCUT2D eigenvalue weighted by Crippen LogP contribution is -2.38. The molecule has 0 aliphatic heterocycles. The van der Waals surface area contributed by atoms with E-state index in [0.29, 0.717) is 5.56 Å². The van der Waals surface area contributed by atoms with Gasteiger partial charge in [0.1, 0.15) is 5.82 Å². The van der Waals surface area contributed by atoms with E-state index in [1.807, 2.05) is 13.0 Å². The quantitative estimate of drug-likeness (QED) is 0.902. The molecule has 0 aliphatic carbocycles. The highest BCUT2D eigenvalue weighted by Gasteiger charge is 2.15. The van der Waals surface area contributed by atoms with Crippen molar-refractivity contribution in [2.75, 3.05) is 13.6 Å². The summed E-state index contributed by atoms with van der Waals surface area (Å²) in [4.78, 5) is 25.5. The van der Waals surface area contributed by atoms with Crippen LogP contribution in [0.25, 0.3) is 0 Å².